The van der Waals surface area contributed by atoms with Crippen LogP contribution in [-0.2, 0) is 5.60 Å². The molecule has 1 aromatic carbocycles. The molecule has 1 aliphatic rings. The van der Waals surface area contributed by atoms with Crippen LogP contribution >= 0.6 is 0 Å². The Morgan fingerprint density at radius 3 is 2.89 bits per heavy atom. The Morgan fingerprint density at radius 2 is 2.05 bits per heavy atom. The fourth-order valence-corrected chi connectivity index (χ4v) is 3.48. The van der Waals surface area contributed by atoms with Gasteiger partial charge in [0.15, 0.2) is 0 Å². The molecule has 1 saturated carbocycles. The molecule has 1 aromatic heterocycles. The largest absolute Gasteiger partial charge is 0.385 e. The van der Waals surface area contributed by atoms with E-state index < -0.39 is 5.60 Å². The van der Waals surface area contributed by atoms with Gasteiger partial charge in [0.2, 0.25) is 0 Å². The van der Waals surface area contributed by atoms with E-state index in [4.69, 9.17) is 0 Å². The second kappa shape index (κ2) is 4.61. The Kier molecular flexibility index (Phi) is 3.06. The van der Waals surface area contributed by atoms with Gasteiger partial charge < -0.3 is 5.11 Å². The zero-order chi connectivity index (χ0) is 13.5. The topological polar surface area (TPSA) is 33.1 Å². The van der Waals surface area contributed by atoms with E-state index in [0.29, 0.717) is 11.8 Å². The number of pyridine rings is 1. The summed E-state index contributed by atoms with van der Waals surface area (Å²) in [5, 5.41) is 13.5. The van der Waals surface area contributed by atoms with Crippen LogP contribution in [0, 0.1) is 11.8 Å². The summed E-state index contributed by atoms with van der Waals surface area (Å²) >= 11 is 0. The number of rotatable bonds is 1. The first-order valence-corrected chi connectivity index (χ1v) is 7.17. The third-order valence-electron chi connectivity index (χ3n) is 4.71. The molecule has 0 radical (unpaired) electrons. The van der Waals surface area contributed by atoms with Crippen LogP contribution < -0.4 is 0 Å². The predicted octanol–water partition coefficient (Wildman–Crippen LogP) is 3.88. The maximum absolute atomic E-state index is 11.3. The Morgan fingerprint density at radius 1 is 1.21 bits per heavy atom. The van der Waals surface area contributed by atoms with Gasteiger partial charge in [0.05, 0.1) is 5.60 Å². The molecule has 2 nitrogen and oxygen atoms in total. The molecule has 100 valence electrons. The second-order valence-corrected chi connectivity index (χ2v) is 6.11. The summed E-state index contributed by atoms with van der Waals surface area (Å²) in [7, 11) is 0. The number of aliphatic hydroxyl groups is 1. The quantitative estimate of drug-likeness (QED) is 0.839. The standard InChI is InChI=1S/C17H21NO/c1-12-6-7-13(2)17(19,10-12)16-5-3-4-14-11-18-9-8-15(14)16/h3-5,8-9,11-13,19H,6-7,10H2,1-2H3. The van der Waals surface area contributed by atoms with Crippen molar-refractivity contribution in [3.05, 3.63) is 42.2 Å². The Bertz CT molecular complexity index is 589. The highest BCUT2D eigenvalue weighted by molar-refractivity contribution is 5.85. The Labute approximate surface area is 114 Å². The minimum Gasteiger partial charge on any atom is -0.385 e. The normalized spacial score (nSPS) is 31.5. The average molecular weight is 255 g/mol. The first-order chi connectivity index (χ1) is 9.11. The predicted molar refractivity (Wildman–Crippen MR) is 77.8 cm³/mol. The van der Waals surface area contributed by atoms with Gasteiger partial charge in [0, 0.05) is 17.8 Å². The molecule has 1 aliphatic carbocycles. The molecule has 2 aromatic rings. The highest BCUT2D eigenvalue weighted by Gasteiger charge is 2.40. The second-order valence-electron chi connectivity index (χ2n) is 6.11. The molecule has 1 fully saturated rings. The van der Waals surface area contributed by atoms with Gasteiger partial charge >= 0.3 is 0 Å². The lowest BCUT2D eigenvalue weighted by Crippen LogP contribution is -2.39. The van der Waals surface area contributed by atoms with Gasteiger partial charge in [0.1, 0.15) is 0 Å². The number of hydrogen-bond donors (Lipinski definition) is 1. The summed E-state index contributed by atoms with van der Waals surface area (Å²) in [6.07, 6.45) is 6.86. The van der Waals surface area contributed by atoms with Crippen LogP contribution in [0.5, 0.6) is 0 Å². The van der Waals surface area contributed by atoms with Gasteiger partial charge in [0.25, 0.3) is 0 Å². The molecule has 3 rings (SSSR count). The molecule has 0 spiro atoms. The molecule has 0 aliphatic heterocycles. The molecule has 0 amide bonds. The molecule has 2 heteroatoms. The van der Waals surface area contributed by atoms with Crippen LogP contribution in [0.4, 0.5) is 0 Å². The highest BCUT2D eigenvalue weighted by Crippen LogP contribution is 2.45. The molecular weight excluding hydrogens is 234 g/mol. The van der Waals surface area contributed by atoms with E-state index in [9.17, 15) is 5.11 Å². The minimum atomic E-state index is -0.696. The van der Waals surface area contributed by atoms with E-state index in [-0.39, 0.29) is 0 Å². The van der Waals surface area contributed by atoms with Crippen LogP contribution in [0.2, 0.25) is 0 Å². The summed E-state index contributed by atoms with van der Waals surface area (Å²) < 4.78 is 0. The van der Waals surface area contributed by atoms with Crippen LogP contribution in [0.3, 0.4) is 0 Å². The fourth-order valence-electron chi connectivity index (χ4n) is 3.48. The van der Waals surface area contributed by atoms with Crippen LogP contribution in [-0.4, -0.2) is 10.1 Å². The minimum absolute atomic E-state index is 0.308. The molecule has 1 N–H and O–H groups in total. The van der Waals surface area contributed by atoms with Crippen molar-refractivity contribution in [3.63, 3.8) is 0 Å². The van der Waals surface area contributed by atoms with E-state index in [1.54, 1.807) is 0 Å². The molecule has 19 heavy (non-hydrogen) atoms. The summed E-state index contributed by atoms with van der Waals surface area (Å²) in [4.78, 5) is 4.17. The van der Waals surface area contributed by atoms with Gasteiger partial charge in [-0.25, -0.2) is 0 Å². The van der Waals surface area contributed by atoms with Crippen molar-refractivity contribution in [3.8, 4) is 0 Å². The number of aromatic nitrogens is 1. The van der Waals surface area contributed by atoms with E-state index in [2.05, 4.69) is 31.0 Å². The van der Waals surface area contributed by atoms with Crippen molar-refractivity contribution in [1.82, 2.24) is 4.98 Å². The maximum atomic E-state index is 11.3. The third-order valence-corrected chi connectivity index (χ3v) is 4.71. The lowest BCUT2D eigenvalue weighted by Gasteiger charge is -2.42. The number of nitrogens with zero attached hydrogens (tertiary/aromatic N) is 1. The van der Waals surface area contributed by atoms with Crippen molar-refractivity contribution < 1.29 is 5.11 Å². The zero-order valence-electron chi connectivity index (χ0n) is 11.6. The van der Waals surface area contributed by atoms with Crippen LogP contribution in [0.25, 0.3) is 10.8 Å². The molecule has 3 unspecified atom stereocenters. The van der Waals surface area contributed by atoms with Crippen molar-refractivity contribution in [1.29, 1.82) is 0 Å². The van der Waals surface area contributed by atoms with E-state index in [1.807, 2.05) is 24.5 Å². The molecule has 0 bridgehead atoms. The zero-order valence-corrected chi connectivity index (χ0v) is 11.6. The molecule has 1 heterocycles. The van der Waals surface area contributed by atoms with Crippen LogP contribution in [0.1, 0.15) is 38.7 Å². The maximum Gasteiger partial charge on any atom is 0.0930 e. The van der Waals surface area contributed by atoms with Crippen molar-refractivity contribution in [2.75, 3.05) is 0 Å². The van der Waals surface area contributed by atoms with E-state index in [0.717, 1.165) is 29.2 Å². The first kappa shape index (κ1) is 12.6. The van der Waals surface area contributed by atoms with Gasteiger partial charge in [-0.3, -0.25) is 4.98 Å². The molecule has 0 saturated heterocycles. The SMILES string of the molecule is CC1CCC(C)C(O)(c2cccc3cnccc23)C1. The summed E-state index contributed by atoms with van der Waals surface area (Å²) in [6.45, 7) is 4.41. The first-order valence-electron chi connectivity index (χ1n) is 7.17. The summed E-state index contributed by atoms with van der Waals surface area (Å²) in [6, 6.07) is 8.20. The van der Waals surface area contributed by atoms with Crippen LogP contribution in [0.15, 0.2) is 36.7 Å². The van der Waals surface area contributed by atoms with Gasteiger partial charge in [-0.15, -0.1) is 0 Å². The lowest BCUT2D eigenvalue weighted by molar-refractivity contribution is -0.0615. The Hall–Kier alpha value is -1.41. The molecule has 3 atom stereocenters. The van der Waals surface area contributed by atoms with E-state index in [1.165, 1.54) is 6.42 Å². The van der Waals surface area contributed by atoms with Gasteiger partial charge in [-0.2, -0.15) is 0 Å². The summed E-state index contributed by atoms with van der Waals surface area (Å²) in [5.74, 6) is 0.890. The average Bonchev–Trinajstić information content (AvgIpc) is 2.42. The highest BCUT2D eigenvalue weighted by atomic mass is 16.3. The number of hydrogen-bond acceptors (Lipinski definition) is 2. The van der Waals surface area contributed by atoms with Crippen molar-refractivity contribution >= 4 is 10.8 Å². The van der Waals surface area contributed by atoms with Gasteiger partial charge in [-0.05, 0) is 41.7 Å². The smallest absolute Gasteiger partial charge is 0.0930 e. The lowest BCUT2D eigenvalue weighted by atomic mass is 9.68. The van der Waals surface area contributed by atoms with Crippen molar-refractivity contribution in [2.24, 2.45) is 11.8 Å². The van der Waals surface area contributed by atoms with E-state index >= 15 is 0 Å². The van der Waals surface area contributed by atoms with Crippen molar-refractivity contribution in [2.45, 2.75) is 38.7 Å². The summed E-state index contributed by atoms with van der Waals surface area (Å²) in [5.41, 5.74) is 0.380. The number of fused-ring (bicyclic) bond motifs is 1. The number of benzene rings is 1. The third kappa shape index (κ3) is 2.04. The van der Waals surface area contributed by atoms with Gasteiger partial charge in [-0.1, -0.05) is 38.5 Å². The monoisotopic (exact) mass is 255 g/mol. The fraction of sp³-hybridized carbons (Fsp3) is 0.471. The Balaban J connectivity index is 2.17. The molecular formula is C17H21NO.